The van der Waals surface area contributed by atoms with E-state index < -0.39 is 10.0 Å². The summed E-state index contributed by atoms with van der Waals surface area (Å²) in [6.07, 6.45) is 1.19. The normalized spacial score (nSPS) is 11.3. The summed E-state index contributed by atoms with van der Waals surface area (Å²) in [5.74, 6) is 0. The van der Waals surface area contributed by atoms with E-state index in [1.807, 2.05) is 25.1 Å². The summed E-state index contributed by atoms with van der Waals surface area (Å²) in [4.78, 5) is 0. The van der Waals surface area contributed by atoms with Crippen LogP contribution < -0.4 is 4.31 Å². The smallest absolute Gasteiger partial charge is 0.231 e. The van der Waals surface area contributed by atoms with E-state index in [1.165, 1.54) is 10.6 Å². The van der Waals surface area contributed by atoms with Crippen LogP contribution in [0.1, 0.15) is 5.56 Å². The molecule has 1 aromatic carbocycles. The van der Waals surface area contributed by atoms with E-state index in [0.717, 1.165) is 5.56 Å². The van der Waals surface area contributed by atoms with Gasteiger partial charge >= 0.3 is 0 Å². The molecule has 4 heteroatoms. The van der Waals surface area contributed by atoms with Gasteiger partial charge in [0.05, 0.1) is 11.9 Å². The van der Waals surface area contributed by atoms with Crippen LogP contribution in [0.25, 0.3) is 0 Å². The Morgan fingerprint density at radius 2 is 1.92 bits per heavy atom. The lowest BCUT2D eigenvalue weighted by molar-refractivity contribution is 0.600. The summed E-state index contributed by atoms with van der Waals surface area (Å²) >= 11 is 0. The molecule has 0 N–H and O–H groups in total. The third-order valence-corrected chi connectivity index (χ3v) is 3.07. The van der Waals surface area contributed by atoms with Gasteiger partial charge < -0.3 is 0 Å². The summed E-state index contributed by atoms with van der Waals surface area (Å²) in [6, 6.07) is 7.38. The highest BCUT2D eigenvalue weighted by atomic mass is 32.2. The molecule has 72 valence electrons. The SMILES string of the molecule is Cc1cccc(N(C)S(C)(=O)=O)c1. The van der Waals surface area contributed by atoms with E-state index in [1.54, 1.807) is 13.1 Å². The summed E-state index contributed by atoms with van der Waals surface area (Å²) in [6.45, 7) is 1.93. The molecule has 0 heterocycles. The number of sulfonamides is 1. The van der Waals surface area contributed by atoms with Crippen LogP contribution in [0.15, 0.2) is 24.3 Å². The summed E-state index contributed by atoms with van der Waals surface area (Å²) in [5.41, 5.74) is 1.75. The van der Waals surface area contributed by atoms with Crippen molar-refractivity contribution in [2.75, 3.05) is 17.6 Å². The first-order valence-electron chi connectivity index (χ1n) is 3.92. The van der Waals surface area contributed by atoms with E-state index in [-0.39, 0.29) is 0 Å². The van der Waals surface area contributed by atoms with Crippen molar-refractivity contribution < 1.29 is 8.42 Å². The van der Waals surface area contributed by atoms with Crippen molar-refractivity contribution in [2.45, 2.75) is 6.92 Å². The highest BCUT2D eigenvalue weighted by Crippen LogP contribution is 2.16. The zero-order chi connectivity index (χ0) is 10.1. The highest BCUT2D eigenvalue weighted by molar-refractivity contribution is 7.92. The molecule has 0 atom stereocenters. The lowest BCUT2D eigenvalue weighted by atomic mass is 10.2. The molecule has 0 unspecified atom stereocenters. The number of anilines is 1. The maximum absolute atomic E-state index is 11.2. The topological polar surface area (TPSA) is 37.4 Å². The Kier molecular flexibility index (Phi) is 2.61. The van der Waals surface area contributed by atoms with Gasteiger partial charge in [-0.05, 0) is 24.6 Å². The van der Waals surface area contributed by atoms with Gasteiger partial charge in [0.25, 0.3) is 0 Å². The molecule has 0 saturated carbocycles. The van der Waals surface area contributed by atoms with Gasteiger partial charge in [0.2, 0.25) is 10.0 Å². The van der Waals surface area contributed by atoms with Crippen molar-refractivity contribution in [2.24, 2.45) is 0 Å². The van der Waals surface area contributed by atoms with Crippen molar-refractivity contribution in [1.82, 2.24) is 0 Å². The molecule has 0 bridgehead atoms. The van der Waals surface area contributed by atoms with Crippen molar-refractivity contribution in [3.63, 3.8) is 0 Å². The Morgan fingerprint density at radius 1 is 1.31 bits per heavy atom. The predicted octanol–water partition coefficient (Wildman–Crippen LogP) is 1.39. The van der Waals surface area contributed by atoms with Crippen LogP contribution in [-0.2, 0) is 10.0 Å². The molecular weight excluding hydrogens is 186 g/mol. The minimum Gasteiger partial charge on any atom is -0.274 e. The highest BCUT2D eigenvalue weighted by Gasteiger charge is 2.10. The number of benzene rings is 1. The van der Waals surface area contributed by atoms with Gasteiger partial charge in [-0.15, -0.1) is 0 Å². The van der Waals surface area contributed by atoms with E-state index in [4.69, 9.17) is 0 Å². The Bertz CT molecular complexity index is 398. The number of aryl methyl sites for hydroxylation is 1. The molecule has 0 saturated heterocycles. The molecule has 13 heavy (non-hydrogen) atoms. The molecule has 0 spiro atoms. The second kappa shape index (κ2) is 3.38. The first kappa shape index (κ1) is 10.1. The van der Waals surface area contributed by atoms with Gasteiger partial charge in [0.1, 0.15) is 0 Å². The molecule has 0 aliphatic heterocycles. The quantitative estimate of drug-likeness (QED) is 0.721. The summed E-state index contributed by atoms with van der Waals surface area (Å²) in [5, 5.41) is 0. The van der Waals surface area contributed by atoms with Gasteiger partial charge in [-0.2, -0.15) is 0 Å². The number of hydrogen-bond acceptors (Lipinski definition) is 2. The first-order valence-corrected chi connectivity index (χ1v) is 5.76. The Labute approximate surface area is 79.0 Å². The maximum Gasteiger partial charge on any atom is 0.231 e. The Balaban J connectivity index is 3.10. The molecule has 0 radical (unpaired) electrons. The molecule has 1 rings (SSSR count). The van der Waals surface area contributed by atoms with E-state index in [0.29, 0.717) is 5.69 Å². The second-order valence-electron chi connectivity index (χ2n) is 3.07. The number of rotatable bonds is 2. The molecule has 0 amide bonds. The number of hydrogen-bond donors (Lipinski definition) is 0. The Morgan fingerprint density at radius 3 is 2.38 bits per heavy atom. The van der Waals surface area contributed by atoms with Gasteiger partial charge in [0.15, 0.2) is 0 Å². The lowest BCUT2D eigenvalue weighted by Crippen LogP contribution is -2.24. The van der Waals surface area contributed by atoms with Crippen molar-refractivity contribution >= 4 is 15.7 Å². The molecule has 0 fully saturated rings. The zero-order valence-corrected chi connectivity index (χ0v) is 8.80. The zero-order valence-electron chi connectivity index (χ0n) is 7.98. The van der Waals surface area contributed by atoms with Crippen LogP contribution in [0.2, 0.25) is 0 Å². The van der Waals surface area contributed by atoms with Crippen molar-refractivity contribution in [3.05, 3.63) is 29.8 Å². The van der Waals surface area contributed by atoms with E-state index in [2.05, 4.69) is 0 Å². The van der Waals surface area contributed by atoms with Crippen LogP contribution in [0.5, 0.6) is 0 Å². The van der Waals surface area contributed by atoms with Crippen molar-refractivity contribution in [3.8, 4) is 0 Å². The average molecular weight is 199 g/mol. The third-order valence-electron chi connectivity index (χ3n) is 1.86. The van der Waals surface area contributed by atoms with Crippen LogP contribution in [0, 0.1) is 6.92 Å². The van der Waals surface area contributed by atoms with Gasteiger partial charge in [-0.25, -0.2) is 8.42 Å². The predicted molar refractivity (Wildman–Crippen MR) is 54.4 cm³/mol. The van der Waals surface area contributed by atoms with Crippen LogP contribution in [-0.4, -0.2) is 21.7 Å². The second-order valence-corrected chi connectivity index (χ2v) is 5.08. The molecule has 1 aromatic rings. The standard InChI is InChI=1S/C9H13NO2S/c1-8-5-4-6-9(7-8)10(2)13(3,11)12/h4-7H,1-3H3. The molecule has 0 aromatic heterocycles. The fourth-order valence-corrected chi connectivity index (χ4v) is 1.51. The largest absolute Gasteiger partial charge is 0.274 e. The van der Waals surface area contributed by atoms with E-state index >= 15 is 0 Å². The Hall–Kier alpha value is -1.03. The molecular formula is C9H13NO2S. The minimum absolute atomic E-state index is 0.697. The van der Waals surface area contributed by atoms with Gasteiger partial charge in [0, 0.05) is 7.05 Å². The van der Waals surface area contributed by atoms with Crippen LogP contribution >= 0.6 is 0 Å². The minimum atomic E-state index is -3.14. The van der Waals surface area contributed by atoms with Gasteiger partial charge in [-0.3, -0.25) is 4.31 Å². The first-order chi connectivity index (χ1) is 5.91. The fraction of sp³-hybridized carbons (Fsp3) is 0.333. The molecule has 3 nitrogen and oxygen atoms in total. The van der Waals surface area contributed by atoms with E-state index in [9.17, 15) is 8.42 Å². The summed E-state index contributed by atoms with van der Waals surface area (Å²) < 4.78 is 23.6. The monoisotopic (exact) mass is 199 g/mol. The maximum atomic E-state index is 11.2. The van der Waals surface area contributed by atoms with Crippen molar-refractivity contribution in [1.29, 1.82) is 0 Å². The fourth-order valence-electron chi connectivity index (χ4n) is 1.02. The average Bonchev–Trinajstić information content (AvgIpc) is 2.01. The van der Waals surface area contributed by atoms with Crippen LogP contribution in [0.4, 0.5) is 5.69 Å². The van der Waals surface area contributed by atoms with Crippen LogP contribution in [0.3, 0.4) is 0 Å². The summed E-state index contributed by atoms with van der Waals surface area (Å²) in [7, 11) is -1.59. The van der Waals surface area contributed by atoms with Gasteiger partial charge in [-0.1, -0.05) is 12.1 Å². The number of nitrogens with zero attached hydrogens (tertiary/aromatic N) is 1. The third kappa shape index (κ3) is 2.45. The molecule has 0 aliphatic carbocycles. The lowest BCUT2D eigenvalue weighted by Gasteiger charge is -2.16. The molecule has 0 aliphatic rings.